The van der Waals surface area contributed by atoms with E-state index in [1.807, 2.05) is 6.07 Å². The fourth-order valence-corrected chi connectivity index (χ4v) is 5.38. The summed E-state index contributed by atoms with van der Waals surface area (Å²) < 4.78 is 37.4. The van der Waals surface area contributed by atoms with Crippen molar-refractivity contribution in [3.05, 3.63) is 53.6 Å². The minimum absolute atomic E-state index is 0.00469. The van der Waals surface area contributed by atoms with Crippen molar-refractivity contribution in [2.45, 2.75) is 30.7 Å². The second-order valence-electron chi connectivity index (χ2n) is 8.82. The number of anilines is 1. The number of fused-ring (bicyclic) bond motifs is 1. The third-order valence-corrected chi connectivity index (χ3v) is 6.84. The monoisotopic (exact) mass is 445 g/mol. The van der Waals surface area contributed by atoms with E-state index in [0.29, 0.717) is 11.7 Å². The van der Waals surface area contributed by atoms with E-state index in [-0.39, 0.29) is 17.1 Å². The molecule has 6 nitrogen and oxygen atoms in total. The van der Waals surface area contributed by atoms with E-state index in [0.717, 1.165) is 50.2 Å². The van der Waals surface area contributed by atoms with E-state index in [9.17, 15) is 13.6 Å². The topological polar surface area (TPSA) is 62.8 Å². The Kier molecular flexibility index (Phi) is 6.24. The number of methoxy groups -OCH3 is 2. The summed E-state index contributed by atoms with van der Waals surface area (Å²) >= 11 is 0. The number of likely N-dealkylation sites (tertiary alicyclic amines) is 1. The third kappa shape index (κ3) is 4.24. The molecule has 2 fully saturated rings. The standard InChI is InChI=1S/C24H29F2N3O3/c1-29-13-16-10-18(28-23(30)27-17-5-6-19(25)20(26)12-17)8-9-24(16,14-29)15-4-7-21(31-2)22(11-15)32-3/h4-7,11-12,16,18H,8-10,13-14H2,1-3H3,(H2,27,28,30). The zero-order valence-corrected chi connectivity index (χ0v) is 18.6. The normalized spacial score (nSPS) is 25.2. The zero-order valence-electron chi connectivity index (χ0n) is 18.6. The highest BCUT2D eigenvalue weighted by Gasteiger charge is 2.50. The number of halogens is 2. The number of nitrogens with zero attached hydrogens (tertiary/aromatic N) is 1. The van der Waals surface area contributed by atoms with Crippen LogP contribution >= 0.6 is 0 Å². The van der Waals surface area contributed by atoms with Crippen LogP contribution < -0.4 is 20.1 Å². The van der Waals surface area contributed by atoms with Gasteiger partial charge in [0.05, 0.1) is 14.2 Å². The summed E-state index contributed by atoms with van der Waals surface area (Å²) in [5.41, 5.74) is 1.44. The van der Waals surface area contributed by atoms with Crippen molar-refractivity contribution in [3.8, 4) is 11.5 Å². The summed E-state index contributed by atoms with van der Waals surface area (Å²) in [6.45, 7) is 1.89. The number of likely N-dealkylation sites (N-methyl/N-ethyl adjacent to an activating group) is 1. The SMILES string of the molecule is COc1ccc(C23CCC(NC(=O)Nc4ccc(F)c(F)c4)CC2CN(C)C3)cc1OC. The van der Waals surface area contributed by atoms with E-state index >= 15 is 0 Å². The van der Waals surface area contributed by atoms with E-state index in [4.69, 9.17) is 9.47 Å². The van der Waals surface area contributed by atoms with Gasteiger partial charge in [-0.3, -0.25) is 0 Å². The fourth-order valence-electron chi connectivity index (χ4n) is 5.38. The Balaban J connectivity index is 1.47. The van der Waals surface area contributed by atoms with Crippen LogP contribution in [0.15, 0.2) is 36.4 Å². The molecule has 32 heavy (non-hydrogen) atoms. The zero-order chi connectivity index (χ0) is 22.9. The third-order valence-electron chi connectivity index (χ3n) is 6.84. The maximum atomic E-state index is 13.4. The molecule has 172 valence electrons. The first-order chi connectivity index (χ1) is 15.3. The number of amides is 2. The van der Waals surface area contributed by atoms with Gasteiger partial charge in [0, 0.05) is 36.3 Å². The maximum Gasteiger partial charge on any atom is 0.319 e. The molecule has 1 aliphatic carbocycles. The Morgan fingerprint density at radius 3 is 2.59 bits per heavy atom. The molecule has 1 saturated heterocycles. The van der Waals surface area contributed by atoms with Crippen LogP contribution in [-0.4, -0.2) is 51.3 Å². The van der Waals surface area contributed by atoms with Crippen molar-refractivity contribution < 1.29 is 23.0 Å². The lowest BCUT2D eigenvalue weighted by molar-refractivity contribution is 0.197. The smallest absolute Gasteiger partial charge is 0.319 e. The lowest BCUT2D eigenvalue weighted by atomic mass is 9.63. The van der Waals surface area contributed by atoms with Crippen molar-refractivity contribution >= 4 is 11.7 Å². The second kappa shape index (κ2) is 8.94. The highest BCUT2D eigenvalue weighted by atomic mass is 19.2. The van der Waals surface area contributed by atoms with Crippen molar-refractivity contribution in [1.82, 2.24) is 10.2 Å². The summed E-state index contributed by atoms with van der Waals surface area (Å²) in [6.07, 6.45) is 2.58. The first kappa shape index (κ1) is 22.3. The number of urea groups is 1. The van der Waals surface area contributed by atoms with Gasteiger partial charge < -0.3 is 25.0 Å². The minimum Gasteiger partial charge on any atom is -0.493 e. The fraction of sp³-hybridized carbons (Fsp3) is 0.458. The summed E-state index contributed by atoms with van der Waals surface area (Å²) in [5, 5.41) is 5.61. The summed E-state index contributed by atoms with van der Waals surface area (Å²) in [7, 11) is 5.40. The first-order valence-corrected chi connectivity index (χ1v) is 10.8. The van der Waals surface area contributed by atoms with E-state index in [1.165, 1.54) is 11.6 Å². The molecule has 2 amide bonds. The quantitative estimate of drug-likeness (QED) is 0.726. The van der Waals surface area contributed by atoms with Gasteiger partial charge in [-0.15, -0.1) is 0 Å². The van der Waals surface area contributed by atoms with Gasteiger partial charge in [0.2, 0.25) is 0 Å². The first-order valence-electron chi connectivity index (χ1n) is 10.8. The molecular weight excluding hydrogens is 416 g/mol. The van der Waals surface area contributed by atoms with Crippen molar-refractivity contribution in [2.24, 2.45) is 5.92 Å². The number of ether oxygens (including phenoxy) is 2. The second-order valence-corrected chi connectivity index (χ2v) is 8.82. The van der Waals surface area contributed by atoms with Crippen LogP contribution in [0.25, 0.3) is 0 Å². The van der Waals surface area contributed by atoms with Gasteiger partial charge in [-0.2, -0.15) is 0 Å². The molecule has 2 aromatic carbocycles. The van der Waals surface area contributed by atoms with Crippen molar-refractivity contribution in [1.29, 1.82) is 0 Å². The lowest BCUT2D eigenvalue weighted by Gasteiger charge is -2.42. The summed E-state index contributed by atoms with van der Waals surface area (Å²) in [6, 6.07) is 9.06. The van der Waals surface area contributed by atoms with E-state index < -0.39 is 17.7 Å². The predicted molar refractivity (Wildman–Crippen MR) is 118 cm³/mol. The molecule has 1 aliphatic heterocycles. The van der Waals surface area contributed by atoms with Crippen LogP contribution in [0.4, 0.5) is 19.3 Å². The van der Waals surface area contributed by atoms with E-state index in [2.05, 4.69) is 34.7 Å². The summed E-state index contributed by atoms with van der Waals surface area (Å²) in [4.78, 5) is 14.8. The molecule has 0 bridgehead atoms. The van der Waals surface area contributed by atoms with Gasteiger partial charge in [0.15, 0.2) is 23.1 Å². The molecule has 3 atom stereocenters. The van der Waals surface area contributed by atoms with Crippen molar-refractivity contribution in [3.63, 3.8) is 0 Å². The van der Waals surface area contributed by atoms with Crippen LogP contribution in [0.2, 0.25) is 0 Å². The Labute approximate surface area is 186 Å². The van der Waals surface area contributed by atoms with Crippen LogP contribution in [0.3, 0.4) is 0 Å². The Bertz CT molecular complexity index is 1000. The Hall–Kier alpha value is -2.87. The highest BCUT2D eigenvalue weighted by Crippen LogP contribution is 2.49. The molecule has 8 heteroatoms. The van der Waals surface area contributed by atoms with Crippen LogP contribution in [0, 0.1) is 17.6 Å². The molecule has 0 spiro atoms. The molecule has 4 rings (SSSR count). The van der Waals surface area contributed by atoms with Crippen LogP contribution in [-0.2, 0) is 5.41 Å². The molecule has 2 aliphatic rings. The number of benzene rings is 2. The maximum absolute atomic E-state index is 13.4. The molecule has 3 unspecified atom stereocenters. The van der Waals surface area contributed by atoms with E-state index in [1.54, 1.807) is 14.2 Å². The molecular formula is C24H29F2N3O3. The van der Waals surface area contributed by atoms with Crippen molar-refractivity contribution in [2.75, 3.05) is 39.7 Å². The number of carbonyl (C=O) groups is 1. The molecule has 2 N–H and O–H groups in total. The Morgan fingerprint density at radius 1 is 1.09 bits per heavy atom. The van der Waals surface area contributed by atoms with Crippen LogP contribution in [0.5, 0.6) is 11.5 Å². The number of nitrogens with one attached hydrogen (secondary N) is 2. The predicted octanol–water partition coefficient (Wildman–Crippen LogP) is 4.16. The van der Waals surface area contributed by atoms with Gasteiger partial charge in [0.25, 0.3) is 0 Å². The summed E-state index contributed by atoms with van der Waals surface area (Å²) in [5.74, 6) is -0.138. The highest BCUT2D eigenvalue weighted by molar-refractivity contribution is 5.89. The number of carbonyl (C=O) groups excluding carboxylic acids is 1. The molecule has 0 radical (unpaired) electrons. The average molecular weight is 446 g/mol. The van der Waals surface area contributed by atoms with Gasteiger partial charge in [-0.1, -0.05) is 6.07 Å². The number of rotatable bonds is 5. The number of hydrogen-bond acceptors (Lipinski definition) is 4. The largest absolute Gasteiger partial charge is 0.493 e. The molecule has 2 aromatic rings. The van der Waals surface area contributed by atoms with Gasteiger partial charge in [-0.25, -0.2) is 13.6 Å². The number of hydrogen-bond donors (Lipinski definition) is 2. The molecule has 1 saturated carbocycles. The molecule has 1 heterocycles. The molecule has 0 aromatic heterocycles. The average Bonchev–Trinajstić information content (AvgIpc) is 3.12. The van der Waals surface area contributed by atoms with Crippen LogP contribution in [0.1, 0.15) is 24.8 Å². The minimum atomic E-state index is -0.992. The van der Waals surface area contributed by atoms with Gasteiger partial charge in [-0.05, 0) is 62.1 Å². The Morgan fingerprint density at radius 2 is 1.88 bits per heavy atom. The van der Waals surface area contributed by atoms with Gasteiger partial charge in [0.1, 0.15) is 0 Å². The van der Waals surface area contributed by atoms with Gasteiger partial charge >= 0.3 is 6.03 Å². The lowest BCUT2D eigenvalue weighted by Crippen LogP contribution is -2.48.